The minimum atomic E-state index is -1.07. The van der Waals surface area contributed by atoms with Crippen LogP contribution in [0.4, 0.5) is 11.4 Å². The highest BCUT2D eigenvalue weighted by atomic mass is 16.7. The average Bonchev–Trinajstić information content (AvgIpc) is 3.35. The molecule has 4 rings (SSSR count). The van der Waals surface area contributed by atoms with Crippen LogP contribution in [0.15, 0.2) is 42.5 Å². The molecule has 146 valence electrons. The van der Waals surface area contributed by atoms with Crippen LogP contribution in [0, 0.1) is 5.41 Å². The lowest BCUT2D eigenvalue weighted by atomic mass is 10.0. The highest BCUT2D eigenvalue weighted by Crippen LogP contribution is 2.48. The number of fused-ring (bicyclic) bond motifs is 1. The Hall–Kier alpha value is -3.22. The van der Waals surface area contributed by atoms with Crippen molar-refractivity contribution < 1.29 is 23.8 Å². The monoisotopic (exact) mass is 382 g/mol. The van der Waals surface area contributed by atoms with Gasteiger partial charge in [0.05, 0.1) is 11.8 Å². The van der Waals surface area contributed by atoms with E-state index in [-0.39, 0.29) is 24.7 Å². The minimum absolute atomic E-state index is 0.0257. The number of ether oxygens (including phenoxy) is 3. The molecule has 0 bridgehead atoms. The second kappa shape index (κ2) is 7.07. The summed E-state index contributed by atoms with van der Waals surface area (Å²) >= 11 is 0. The molecule has 7 heteroatoms. The average molecular weight is 382 g/mol. The Balaban J connectivity index is 1.46. The molecule has 0 radical (unpaired) electrons. The van der Waals surface area contributed by atoms with Gasteiger partial charge in [0.25, 0.3) is 0 Å². The van der Waals surface area contributed by atoms with E-state index in [1.165, 1.54) is 0 Å². The SMILES string of the molecule is CC(C)Oc1ccccc1NC(=O)C1(C(=O)Nc2ccc3c(c2)OCO3)CC1. The second-order valence-electron chi connectivity index (χ2n) is 7.22. The topological polar surface area (TPSA) is 85.9 Å². The number of nitrogens with one attached hydrogen (secondary N) is 2. The van der Waals surface area contributed by atoms with Gasteiger partial charge >= 0.3 is 0 Å². The van der Waals surface area contributed by atoms with Crippen LogP contribution in [-0.4, -0.2) is 24.7 Å². The van der Waals surface area contributed by atoms with E-state index in [0.29, 0.717) is 41.5 Å². The van der Waals surface area contributed by atoms with Gasteiger partial charge in [0.2, 0.25) is 18.6 Å². The summed E-state index contributed by atoms with van der Waals surface area (Å²) in [4.78, 5) is 25.7. The lowest BCUT2D eigenvalue weighted by Crippen LogP contribution is -2.35. The Morgan fingerprint density at radius 2 is 1.71 bits per heavy atom. The third kappa shape index (κ3) is 3.47. The van der Waals surface area contributed by atoms with Crippen molar-refractivity contribution in [2.75, 3.05) is 17.4 Å². The zero-order valence-electron chi connectivity index (χ0n) is 15.8. The number of benzene rings is 2. The number of hydrogen-bond acceptors (Lipinski definition) is 5. The molecule has 0 spiro atoms. The zero-order chi connectivity index (χ0) is 19.7. The summed E-state index contributed by atoms with van der Waals surface area (Å²) in [6.07, 6.45) is 0.979. The van der Waals surface area contributed by atoms with E-state index in [4.69, 9.17) is 14.2 Å². The molecule has 28 heavy (non-hydrogen) atoms. The maximum Gasteiger partial charge on any atom is 0.240 e. The van der Waals surface area contributed by atoms with Crippen molar-refractivity contribution in [1.29, 1.82) is 0 Å². The quantitative estimate of drug-likeness (QED) is 0.746. The van der Waals surface area contributed by atoms with Gasteiger partial charge in [-0.25, -0.2) is 0 Å². The van der Waals surface area contributed by atoms with Crippen molar-refractivity contribution in [1.82, 2.24) is 0 Å². The first kappa shape index (κ1) is 18.2. The fourth-order valence-electron chi connectivity index (χ4n) is 3.08. The van der Waals surface area contributed by atoms with Gasteiger partial charge < -0.3 is 24.8 Å². The van der Waals surface area contributed by atoms with Gasteiger partial charge in [0, 0.05) is 11.8 Å². The van der Waals surface area contributed by atoms with Gasteiger partial charge in [-0.1, -0.05) is 12.1 Å². The number of hydrogen-bond donors (Lipinski definition) is 2. The van der Waals surface area contributed by atoms with Crippen molar-refractivity contribution in [3.8, 4) is 17.2 Å². The van der Waals surface area contributed by atoms with Gasteiger partial charge in [-0.2, -0.15) is 0 Å². The van der Waals surface area contributed by atoms with Crippen LogP contribution in [0.3, 0.4) is 0 Å². The van der Waals surface area contributed by atoms with E-state index in [9.17, 15) is 9.59 Å². The zero-order valence-corrected chi connectivity index (χ0v) is 15.8. The smallest absolute Gasteiger partial charge is 0.240 e. The van der Waals surface area contributed by atoms with Crippen LogP contribution in [0.2, 0.25) is 0 Å². The lowest BCUT2D eigenvalue weighted by Gasteiger charge is -2.18. The summed E-state index contributed by atoms with van der Waals surface area (Å²) in [6.45, 7) is 4.00. The third-order valence-corrected chi connectivity index (χ3v) is 4.75. The molecule has 2 amide bonds. The van der Waals surface area contributed by atoms with Crippen LogP contribution in [0.5, 0.6) is 17.2 Å². The Morgan fingerprint density at radius 1 is 1.00 bits per heavy atom. The Morgan fingerprint density at radius 3 is 2.46 bits per heavy atom. The van der Waals surface area contributed by atoms with E-state index in [1.54, 1.807) is 30.3 Å². The first-order valence-corrected chi connectivity index (χ1v) is 9.26. The highest BCUT2D eigenvalue weighted by molar-refractivity contribution is 6.17. The van der Waals surface area contributed by atoms with Crippen LogP contribution in [-0.2, 0) is 9.59 Å². The summed E-state index contributed by atoms with van der Waals surface area (Å²) in [6, 6.07) is 12.4. The number of carbonyl (C=O) groups excluding carboxylic acids is 2. The van der Waals surface area contributed by atoms with E-state index in [1.807, 2.05) is 26.0 Å². The Bertz CT molecular complexity index is 921. The molecule has 1 fully saturated rings. The third-order valence-electron chi connectivity index (χ3n) is 4.75. The van der Waals surface area contributed by atoms with E-state index < -0.39 is 5.41 Å². The number of para-hydroxylation sites is 2. The fraction of sp³-hybridized carbons (Fsp3) is 0.333. The molecule has 2 aromatic carbocycles. The Kier molecular flexibility index (Phi) is 4.58. The molecule has 2 aliphatic rings. The van der Waals surface area contributed by atoms with Crippen molar-refractivity contribution >= 4 is 23.2 Å². The summed E-state index contributed by atoms with van der Waals surface area (Å²) in [5.41, 5.74) is 0.0571. The molecule has 0 unspecified atom stereocenters. The van der Waals surface area contributed by atoms with E-state index in [2.05, 4.69) is 10.6 Å². The van der Waals surface area contributed by atoms with Gasteiger partial charge in [-0.05, 0) is 51.0 Å². The summed E-state index contributed by atoms with van der Waals surface area (Å²) < 4.78 is 16.3. The number of amides is 2. The fourth-order valence-corrected chi connectivity index (χ4v) is 3.08. The first-order valence-electron chi connectivity index (χ1n) is 9.26. The molecule has 1 heterocycles. The summed E-state index contributed by atoms with van der Waals surface area (Å²) in [7, 11) is 0. The molecular formula is C21H22N2O5. The van der Waals surface area contributed by atoms with Crippen LogP contribution >= 0.6 is 0 Å². The van der Waals surface area contributed by atoms with E-state index in [0.717, 1.165) is 0 Å². The van der Waals surface area contributed by atoms with Gasteiger partial charge in [0.15, 0.2) is 11.5 Å². The maximum atomic E-state index is 12.9. The van der Waals surface area contributed by atoms with Crippen LogP contribution < -0.4 is 24.8 Å². The predicted octanol–water partition coefficient (Wildman–Crippen LogP) is 3.56. The first-order chi connectivity index (χ1) is 13.5. The number of anilines is 2. The van der Waals surface area contributed by atoms with Crippen molar-refractivity contribution in [3.63, 3.8) is 0 Å². The number of rotatable bonds is 6. The predicted molar refractivity (Wildman–Crippen MR) is 104 cm³/mol. The molecule has 2 aromatic rings. The van der Waals surface area contributed by atoms with E-state index >= 15 is 0 Å². The molecule has 2 N–H and O–H groups in total. The summed E-state index contributed by atoms with van der Waals surface area (Å²) in [5, 5.41) is 5.68. The molecule has 1 saturated carbocycles. The summed E-state index contributed by atoms with van der Waals surface area (Å²) in [5.74, 6) is 1.14. The maximum absolute atomic E-state index is 12.9. The Labute approximate surface area is 163 Å². The molecule has 1 aliphatic carbocycles. The molecule has 0 atom stereocenters. The lowest BCUT2D eigenvalue weighted by molar-refractivity contribution is -0.131. The molecular weight excluding hydrogens is 360 g/mol. The highest BCUT2D eigenvalue weighted by Gasteiger charge is 2.56. The standard InChI is InChI=1S/C21H22N2O5/c1-13(2)28-16-6-4-3-5-15(16)23-20(25)21(9-10-21)19(24)22-14-7-8-17-18(11-14)27-12-26-17/h3-8,11,13H,9-10,12H2,1-2H3,(H,22,24)(H,23,25). The van der Waals surface area contributed by atoms with Gasteiger partial charge in [-0.3, -0.25) is 9.59 Å². The van der Waals surface area contributed by atoms with Gasteiger partial charge in [0.1, 0.15) is 11.2 Å². The molecule has 0 aromatic heterocycles. The van der Waals surface area contributed by atoms with Gasteiger partial charge in [-0.15, -0.1) is 0 Å². The van der Waals surface area contributed by atoms with Crippen molar-refractivity contribution in [3.05, 3.63) is 42.5 Å². The number of carbonyl (C=O) groups is 2. The molecule has 7 nitrogen and oxygen atoms in total. The second-order valence-corrected chi connectivity index (χ2v) is 7.22. The van der Waals surface area contributed by atoms with Crippen LogP contribution in [0.1, 0.15) is 26.7 Å². The largest absolute Gasteiger partial charge is 0.489 e. The van der Waals surface area contributed by atoms with Crippen molar-refractivity contribution in [2.24, 2.45) is 5.41 Å². The normalized spacial score (nSPS) is 15.8. The van der Waals surface area contributed by atoms with Crippen molar-refractivity contribution in [2.45, 2.75) is 32.8 Å². The minimum Gasteiger partial charge on any atom is -0.489 e. The molecule has 1 aliphatic heterocycles. The molecule has 0 saturated heterocycles. The van der Waals surface area contributed by atoms with Crippen LogP contribution in [0.25, 0.3) is 0 Å².